The Bertz CT molecular complexity index is 957. The van der Waals surface area contributed by atoms with Crippen LogP contribution in [0.1, 0.15) is 25.0 Å². The molecular formula is C21H23N5O2S. The van der Waals surface area contributed by atoms with Crippen LogP contribution < -0.4 is 10.6 Å². The van der Waals surface area contributed by atoms with E-state index in [9.17, 15) is 9.59 Å². The van der Waals surface area contributed by atoms with Gasteiger partial charge in [0, 0.05) is 24.1 Å². The molecule has 3 rings (SSSR count). The van der Waals surface area contributed by atoms with Crippen LogP contribution >= 0.6 is 11.8 Å². The van der Waals surface area contributed by atoms with Crippen molar-refractivity contribution in [2.24, 2.45) is 0 Å². The molecule has 1 unspecified atom stereocenters. The summed E-state index contributed by atoms with van der Waals surface area (Å²) in [5.74, 6) is -0.140. The van der Waals surface area contributed by atoms with Gasteiger partial charge in [0.25, 0.3) is 0 Å². The van der Waals surface area contributed by atoms with Gasteiger partial charge in [0.15, 0.2) is 0 Å². The molecule has 7 nitrogen and oxygen atoms in total. The van der Waals surface area contributed by atoms with Crippen LogP contribution in [0.2, 0.25) is 0 Å². The number of aromatic nitrogens is 3. The number of hydrogen-bond donors (Lipinski definition) is 2. The van der Waals surface area contributed by atoms with Crippen molar-refractivity contribution >= 4 is 29.3 Å². The molecule has 1 atom stereocenters. The highest BCUT2D eigenvalue weighted by Gasteiger charge is 2.15. The highest BCUT2D eigenvalue weighted by molar-refractivity contribution is 8.00. The fourth-order valence-electron chi connectivity index (χ4n) is 2.78. The number of carbonyl (C=O) groups is 2. The summed E-state index contributed by atoms with van der Waals surface area (Å²) in [4.78, 5) is 28.6. The molecule has 1 aromatic heterocycles. The van der Waals surface area contributed by atoms with E-state index in [1.165, 1.54) is 25.0 Å². The van der Waals surface area contributed by atoms with Crippen LogP contribution in [0.3, 0.4) is 0 Å². The number of carbonyl (C=O) groups excluding carboxylic acids is 2. The predicted molar refractivity (Wildman–Crippen MR) is 113 cm³/mol. The van der Waals surface area contributed by atoms with Crippen LogP contribution in [0.4, 0.5) is 5.69 Å². The second kappa shape index (κ2) is 9.88. The third kappa shape index (κ3) is 6.18. The summed E-state index contributed by atoms with van der Waals surface area (Å²) in [5, 5.41) is 9.63. The Morgan fingerprint density at radius 3 is 2.48 bits per heavy atom. The van der Waals surface area contributed by atoms with Crippen molar-refractivity contribution in [1.29, 1.82) is 0 Å². The van der Waals surface area contributed by atoms with Gasteiger partial charge in [0.05, 0.1) is 11.8 Å². The maximum Gasteiger partial charge on any atom is 0.233 e. The highest BCUT2D eigenvalue weighted by atomic mass is 32.2. The summed E-state index contributed by atoms with van der Waals surface area (Å²) in [6, 6.07) is 15.4. The van der Waals surface area contributed by atoms with Crippen LogP contribution in [-0.4, -0.2) is 31.8 Å². The molecule has 8 heteroatoms. The summed E-state index contributed by atoms with van der Waals surface area (Å²) in [7, 11) is 0. The lowest BCUT2D eigenvalue weighted by atomic mass is 10.1. The Labute approximate surface area is 173 Å². The van der Waals surface area contributed by atoms with E-state index in [1.54, 1.807) is 11.0 Å². The minimum absolute atomic E-state index is 0.0310. The zero-order valence-electron chi connectivity index (χ0n) is 16.3. The van der Waals surface area contributed by atoms with E-state index in [4.69, 9.17) is 0 Å². The maximum absolute atomic E-state index is 12.5. The van der Waals surface area contributed by atoms with E-state index < -0.39 is 0 Å². The maximum atomic E-state index is 12.5. The largest absolute Gasteiger partial charge is 0.351 e. The van der Waals surface area contributed by atoms with Gasteiger partial charge < -0.3 is 10.6 Å². The van der Waals surface area contributed by atoms with Crippen molar-refractivity contribution in [3.63, 3.8) is 0 Å². The molecule has 0 aliphatic carbocycles. The monoisotopic (exact) mass is 409 g/mol. The van der Waals surface area contributed by atoms with E-state index in [2.05, 4.69) is 20.7 Å². The van der Waals surface area contributed by atoms with E-state index in [1.807, 2.05) is 55.5 Å². The third-order valence-electron chi connectivity index (χ3n) is 4.23. The van der Waals surface area contributed by atoms with Gasteiger partial charge in [-0.05, 0) is 42.3 Å². The Morgan fingerprint density at radius 2 is 1.83 bits per heavy atom. The van der Waals surface area contributed by atoms with Gasteiger partial charge in [-0.15, -0.1) is 11.8 Å². The quantitative estimate of drug-likeness (QED) is 0.558. The number of benzene rings is 2. The summed E-state index contributed by atoms with van der Waals surface area (Å²) < 4.78 is 1.75. The molecule has 29 heavy (non-hydrogen) atoms. The minimum atomic E-state index is -0.246. The molecule has 0 fully saturated rings. The normalized spacial score (nSPS) is 11.7. The van der Waals surface area contributed by atoms with Gasteiger partial charge in [0.2, 0.25) is 11.8 Å². The Balaban J connectivity index is 1.54. The highest BCUT2D eigenvalue weighted by Crippen LogP contribution is 2.25. The Hall–Kier alpha value is -3.13. The molecule has 0 saturated heterocycles. The SMILES string of the molecule is CC(=O)Nc1ccc(SC(C)C(=O)NCc2ccccc2Cn2cncn2)cc1. The first kappa shape index (κ1) is 20.6. The molecule has 0 bridgehead atoms. The lowest BCUT2D eigenvalue weighted by Gasteiger charge is -2.14. The number of hydrogen-bond acceptors (Lipinski definition) is 5. The minimum Gasteiger partial charge on any atom is -0.351 e. The lowest BCUT2D eigenvalue weighted by molar-refractivity contribution is -0.120. The molecule has 150 valence electrons. The predicted octanol–water partition coefficient (Wildman–Crippen LogP) is 3.08. The van der Waals surface area contributed by atoms with E-state index >= 15 is 0 Å². The van der Waals surface area contributed by atoms with Crippen molar-refractivity contribution in [2.75, 3.05) is 5.32 Å². The zero-order chi connectivity index (χ0) is 20.6. The molecule has 0 spiro atoms. The van der Waals surface area contributed by atoms with Gasteiger partial charge >= 0.3 is 0 Å². The number of rotatable bonds is 8. The summed E-state index contributed by atoms with van der Waals surface area (Å²) >= 11 is 1.48. The lowest BCUT2D eigenvalue weighted by Crippen LogP contribution is -2.30. The van der Waals surface area contributed by atoms with Crippen molar-refractivity contribution in [3.05, 3.63) is 72.3 Å². The number of thioether (sulfide) groups is 1. The second-order valence-electron chi connectivity index (χ2n) is 6.55. The molecule has 1 heterocycles. The molecule has 3 aromatic rings. The second-order valence-corrected chi connectivity index (χ2v) is 7.96. The fraction of sp³-hybridized carbons (Fsp3) is 0.238. The number of nitrogens with one attached hydrogen (secondary N) is 2. The molecule has 0 aliphatic heterocycles. The first-order chi connectivity index (χ1) is 14.0. The van der Waals surface area contributed by atoms with Crippen molar-refractivity contribution in [2.45, 2.75) is 37.1 Å². The van der Waals surface area contributed by atoms with Crippen molar-refractivity contribution < 1.29 is 9.59 Å². The summed E-state index contributed by atoms with van der Waals surface area (Å²) in [6.45, 7) is 4.41. The smallest absolute Gasteiger partial charge is 0.233 e. The van der Waals surface area contributed by atoms with E-state index in [0.29, 0.717) is 13.1 Å². The van der Waals surface area contributed by atoms with Crippen LogP contribution in [0.25, 0.3) is 0 Å². The molecule has 0 aliphatic rings. The first-order valence-corrected chi connectivity index (χ1v) is 10.1. The van der Waals surface area contributed by atoms with Gasteiger partial charge in [-0.3, -0.25) is 9.59 Å². The average molecular weight is 410 g/mol. The number of nitrogens with zero attached hydrogens (tertiary/aromatic N) is 3. The summed E-state index contributed by atoms with van der Waals surface area (Å²) in [6.07, 6.45) is 3.18. The van der Waals surface area contributed by atoms with Gasteiger partial charge in [-0.25, -0.2) is 9.67 Å². The Kier molecular flexibility index (Phi) is 7.02. The van der Waals surface area contributed by atoms with Gasteiger partial charge in [-0.2, -0.15) is 5.10 Å². The molecular weight excluding hydrogens is 386 g/mol. The van der Waals surface area contributed by atoms with Crippen LogP contribution in [0, 0.1) is 0 Å². The number of anilines is 1. The molecule has 0 saturated carbocycles. The van der Waals surface area contributed by atoms with Gasteiger partial charge in [0.1, 0.15) is 12.7 Å². The van der Waals surface area contributed by atoms with Crippen LogP contribution in [0.5, 0.6) is 0 Å². The standard InChI is InChI=1S/C21H23N5O2S/c1-15(29-20-9-7-19(8-10-20)25-16(2)27)21(28)23-11-17-5-3-4-6-18(17)12-26-14-22-13-24-26/h3-10,13-15H,11-12H2,1-2H3,(H,23,28)(H,25,27). The summed E-state index contributed by atoms with van der Waals surface area (Å²) in [5.41, 5.74) is 2.88. The first-order valence-electron chi connectivity index (χ1n) is 9.22. The van der Waals surface area contributed by atoms with Crippen LogP contribution in [0.15, 0.2) is 66.1 Å². The van der Waals surface area contributed by atoms with E-state index in [0.717, 1.165) is 21.7 Å². The van der Waals surface area contributed by atoms with Crippen molar-refractivity contribution in [3.8, 4) is 0 Å². The fourth-order valence-corrected chi connectivity index (χ4v) is 3.67. The zero-order valence-corrected chi connectivity index (χ0v) is 17.1. The molecule has 2 aromatic carbocycles. The Morgan fingerprint density at radius 1 is 1.10 bits per heavy atom. The van der Waals surface area contributed by atoms with Crippen molar-refractivity contribution in [1.82, 2.24) is 20.1 Å². The molecule has 2 amide bonds. The van der Waals surface area contributed by atoms with Gasteiger partial charge in [-0.1, -0.05) is 24.3 Å². The average Bonchev–Trinajstić information content (AvgIpc) is 3.21. The topological polar surface area (TPSA) is 88.9 Å². The third-order valence-corrected chi connectivity index (χ3v) is 5.34. The molecule has 0 radical (unpaired) electrons. The van der Waals surface area contributed by atoms with Crippen LogP contribution in [-0.2, 0) is 22.7 Å². The molecule has 2 N–H and O–H groups in total. The number of amides is 2. The van der Waals surface area contributed by atoms with E-state index in [-0.39, 0.29) is 17.1 Å².